The monoisotopic (exact) mass is 475 g/mol. The molecule has 2 heterocycles. The van der Waals surface area contributed by atoms with E-state index in [9.17, 15) is 4.39 Å². The third-order valence-corrected chi connectivity index (χ3v) is 6.77. The molecule has 0 amide bonds. The molecular weight excluding hydrogens is 457 g/mol. The highest BCUT2D eigenvalue weighted by molar-refractivity contribution is 7.14. The van der Waals surface area contributed by atoms with Crippen molar-refractivity contribution in [1.82, 2.24) is 14.8 Å². The molecule has 33 heavy (non-hydrogen) atoms. The second-order valence-corrected chi connectivity index (χ2v) is 8.81. The molecule has 0 radical (unpaired) electrons. The number of aromatic nitrogens is 3. The minimum atomic E-state index is -0.444. The topological polar surface area (TPSA) is 39.9 Å². The van der Waals surface area contributed by atoms with E-state index in [-0.39, 0.29) is 16.4 Å². The number of hydrogen-bond acceptors (Lipinski definition) is 4. The van der Waals surface area contributed by atoms with Crippen LogP contribution in [0.15, 0.2) is 78.2 Å². The second-order valence-electron chi connectivity index (χ2n) is 7.52. The van der Waals surface area contributed by atoms with Gasteiger partial charge in [0.15, 0.2) is 11.6 Å². The first-order valence-electron chi connectivity index (χ1n) is 10.3. The Morgan fingerprint density at radius 3 is 2.39 bits per heavy atom. The lowest BCUT2D eigenvalue weighted by molar-refractivity contribution is 0.483. The molecule has 0 aliphatic heterocycles. The number of rotatable bonds is 5. The fourth-order valence-electron chi connectivity index (χ4n) is 3.66. The molecule has 0 N–H and O–H groups in total. The van der Waals surface area contributed by atoms with Crippen LogP contribution in [0.3, 0.4) is 0 Å². The van der Waals surface area contributed by atoms with Crippen molar-refractivity contribution in [3.63, 3.8) is 0 Å². The zero-order valence-electron chi connectivity index (χ0n) is 17.9. The van der Waals surface area contributed by atoms with Crippen LogP contribution in [0.4, 0.5) is 4.39 Å². The van der Waals surface area contributed by atoms with Gasteiger partial charge in [-0.15, -0.1) is 11.3 Å². The van der Waals surface area contributed by atoms with E-state index in [1.54, 1.807) is 35.2 Å². The van der Waals surface area contributed by atoms with Gasteiger partial charge < -0.3 is 4.74 Å². The van der Waals surface area contributed by atoms with Gasteiger partial charge in [-0.25, -0.2) is 14.1 Å². The third-order valence-electron chi connectivity index (χ3n) is 5.32. The Balaban J connectivity index is 1.45. The predicted octanol–water partition coefficient (Wildman–Crippen LogP) is 7.77. The number of aryl methyl sites for hydroxylation is 1. The van der Waals surface area contributed by atoms with Crippen LogP contribution in [-0.2, 0) is 7.05 Å². The Morgan fingerprint density at radius 2 is 1.67 bits per heavy atom. The first-order chi connectivity index (χ1) is 16.0. The van der Waals surface area contributed by atoms with Gasteiger partial charge in [-0.05, 0) is 66.6 Å². The number of nitrogens with zero attached hydrogens (tertiary/aromatic N) is 3. The molecule has 2 aromatic heterocycles. The van der Waals surface area contributed by atoms with Gasteiger partial charge in [-0.1, -0.05) is 35.9 Å². The van der Waals surface area contributed by atoms with Gasteiger partial charge in [0.1, 0.15) is 17.3 Å². The lowest BCUT2D eigenvalue weighted by Gasteiger charge is -2.07. The molecule has 0 unspecified atom stereocenters. The van der Waals surface area contributed by atoms with Crippen LogP contribution in [0, 0.1) is 12.7 Å². The minimum Gasteiger partial charge on any atom is -0.457 e. The summed E-state index contributed by atoms with van der Waals surface area (Å²) in [5.74, 6) is 2.06. The molecule has 0 atom stereocenters. The van der Waals surface area contributed by atoms with Crippen LogP contribution >= 0.6 is 22.9 Å². The van der Waals surface area contributed by atoms with E-state index in [0.717, 1.165) is 33.1 Å². The molecule has 164 valence electrons. The summed E-state index contributed by atoms with van der Waals surface area (Å²) in [7, 11) is 1.80. The highest BCUT2D eigenvalue weighted by atomic mass is 35.5. The number of hydrogen-bond donors (Lipinski definition) is 0. The van der Waals surface area contributed by atoms with Gasteiger partial charge in [-0.2, -0.15) is 5.10 Å². The van der Waals surface area contributed by atoms with Crippen molar-refractivity contribution >= 4 is 22.9 Å². The first kappa shape index (κ1) is 21.4. The summed E-state index contributed by atoms with van der Waals surface area (Å²) in [6.07, 6.45) is 0. The van der Waals surface area contributed by atoms with Crippen molar-refractivity contribution in [1.29, 1.82) is 0 Å². The predicted molar refractivity (Wildman–Crippen MR) is 131 cm³/mol. The SMILES string of the molecule is Cc1c(-c2nc(-c3c(F)cccc3Cl)nn2C)csc1-c1ccc(Oc2ccccc2)cc1. The summed E-state index contributed by atoms with van der Waals surface area (Å²) < 4.78 is 21.9. The lowest BCUT2D eigenvalue weighted by atomic mass is 10.1. The average molecular weight is 476 g/mol. The number of para-hydroxylation sites is 1. The number of benzene rings is 3. The molecule has 4 nitrogen and oxygen atoms in total. The maximum Gasteiger partial charge on any atom is 0.186 e. The van der Waals surface area contributed by atoms with Crippen LogP contribution in [0.2, 0.25) is 5.02 Å². The Bertz CT molecular complexity index is 1410. The van der Waals surface area contributed by atoms with Crippen molar-refractivity contribution in [2.45, 2.75) is 6.92 Å². The third kappa shape index (κ3) is 4.15. The van der Waals surface area contributed by atoms with E-state index in [1.807, 2.05) is 54.6 Å². The molecule has 3 aromatic carbocycles. The first-order valence-corrected chi connectivity index (χ1v) is 11.5. The van der Waals surface area contributed by atoms with Crippen molar-refractivity contribution < 1.29 is 9.13 Å². The average Bonchev–Trinajstić information content (AvgIpc) is 3.37. The largest absolute Gasteiger partial charge is 0.457 e. The van der Waals surface area contributed by atoms with Gasteiger partial charge in [0.25, 0.3) is 0 Å². The quantitative estimate of drug-likeness (QED) is 0.260. The molecule has 5 aromatic rings. The summed E-state index contributed by atoms with van der Waals surface area (Å²) in [5.41, 5.74) is 3.33. The molecule has 0 saturated heterocycles. The molecule has 5 rings (SSSR count). The second kappa shape index (κ2) is 8.81. The summed E-state index contributed by atoms with van der Waals surface area (Å²) in [5, 5.41) is 6.76. The van der Waals surface area contributed by atoms with E-state index < -0.39 is 5.82 Å². The Hall–Kier alpha value is -3.48. The molecular formula is C26H19ClFN3OS. The summed E-state index contributed by atoms with van der Waals surface area (Å²) in [6, 6.07) is 22.3. The van der Waals surface area contributed by atoms with E-state index in [0.29, 0.717) is 5.82 Å². The number of thiophene rings is 1. The highest BCUT2D eigenvalue weighted by Gasteiger charge is 2.20. The molecule has 0 saturated carbocycles. The van der Waals surface area contributed by atoms with Crippen LogP contribution in [0.1, 0.15) is 5.56 Å². The fraction of sp³-hybridized carbons (Fsp3) is 0.0769. The number of halogens is 2. The number of ether oxygens (including phenoxy) is 1. The fourth-order valence-corrected chi connectivity index (χ4v) is 4.98. The molecule has 0 spiro atoms. The van der Waals surface area contributed by atoms with Gasteiger partial charge >= 0.3 is 0 Å². The maximum atomic E-state index is 14.4. The molecule has 0 fully saturated rings. The summed E-state index contributed by atoms with van der Waals surface area (Å²) >= 11 is 7.85. The normalized spacial score (nSPS) is 11.0. The Morgan fingerprint density at radius 1 is 0.939 bits per heavy atom. The molecule has 7 heteroatoms. The van der Waals surface area contributed by atoms with E-state index in [1.165, 1.54) is 6.07 Å². The van der Waals surface area contributed by atoms with Crippen molar-refractivity contribution in [2.24, 2.45) is 7.05 Å². The van der Waals surface area contributed by atoms with Gasteiger partial charge in [0.2, 0.25) is 0 Å². The van der Waals surface area contributed by atoms with Gasteiger partial charge in [-0.3, -0.25) is 0 Å². The van der Waals surface area contributed by atoms with Crippen molar-refractivity contribution in [3.05, 3.63) is 94.6 Å². The Kier molecular flexibility index (Phi) is 5.70. The highest BCUT2D eigenvalue weighted by Crippen LogP contribution is 2.39. The molecule has 0 aliphatic carbocycles. The summed E-state index contributed by atoms with van der Waals surface area (Å²) in [6.45, 7) is 2.06. The van der Waals surface area contributed by atoms with Crippen LogP contribution in [-0.4, -0.2) is 14.8 Å². The summed E-state index contributed by atoms with van der Waals surface area (Å²) in [4.78, 5) is 5.74. The Labute approximate surface area is 199 Å². The van der Waals surface area contributed by atoms with E-state index in [2.05, 4.69) is 22.4 Å². The van der Waals surface area contributed by atoms with Crippen molar-refractivity contribution in [3.8, 4) is 44.7 Å². The molecule has 0 aliphatic rings. The zero-order chi connectivity index (χ0) is 22.9. The minimum absolute atomic E-state index is 0.211. The molecule has 0 bridgehead atoms. The van der Waals surface area contributed by atoms with Crippen molar-refractivity contribution in [2.75, 3.05) is 0 Å². The van der Waals surface area contributed by atoms with Gasteiger partial charge in [0.05, 0.1) is 10.6 Å². The maximum absolute atomic E-state index is 14.4. The smallest absolute Gasteiger partial charge is 0.186 e. The van der Waals surface area contributed by atoms with E-state index >= 15 is 0 Å². The van der Waals surface area contributed by atoms with Crippen LogP contribution in [0.5, 0.6) is 11.5 Å². The standard InChI is InChI=1S/C26H19ClFN3OS/c1-16-20(26-29-25(30-31(26)2)23-21(27)9-6-10-22(23)28)15-33-24(16)17-11-13-19(14-12-17)32-18-7-4-3-5-8-18/h3-15H,1-2H3. The van der Waals surface area contributed by atoms with Gasteiger partial charge in [0, 0.05) is 22.9 Å². The zero-order valence-corrected chi connectivity index (χ0v) is 19.5. The lowest BCUT2D eigenvalue weighted by Crippen LogP contribution is -1.95. The van der Waals surface area contributed by atoms with Crippen LogP contribution < -0.4 is 4.74 Å². The van der Waals surface area contributed by atoms with Crippen LogP contribution in [0.25, 0.3) is 33.2 Å². The van der Waals surface area contributed by atoms with E-state index in [4.69, 9.17) is 16.3 Å².